The summed E-state index contributed by atoms with van der Waals surface area (Å²) in [6.07, 6.45) is 4.09. The molecule has 2 aromatic carbocycles. The first kappa shape index (κ1) is 29.9. The van der Waals surface area contributed by atoms with Gasteiger partial charge in [0.1, 0.15) is 11.8 Å². The van der Waals surface area contributed by atoms with Crippen LogP contribution in [0.5, 0.6) is 5.75 Å². The van der Waals surface area contributed by atoms with Crippen LogP contribution in [0.25, 0.3) is 22.5 Å². The molecule has 2 unspecified atom stereocenters. The standard InChI is InChI=1S/C33H34N4O5S/c1-33(2,3)28-13-12-27(43-28)30(39)36-26(31(40)37-15-14-23(19-37)32(41)42)16-20-4-6-22(7-5-20)29-34-17-24(18-35-29)21-8-10-25(38)11-9-21/h4-13,17-18,23,26,38H,14-16,19H2,1-3H3,(H,36,39)(H,41,42). The SMILES string of the molecule is CC(C)(C)c1ccc(C(=O)NC(Cc2ccc(-c3ncc(-c4ccc(O)cc4)cn3)cc2)C(=O)N2CCC(C(=O)O)C2)s1. The lowest BCUT2D eigenvalue weighted by Crippen LogP contribution is -2.49. The number of rotatable bonds is 8. The number of carboxylic acids is 1. The zero-order valence-corrected chi connectivity index (χ0v) is 25.1. The molecule has 0 aliphatic carbocycles. The number of carbonyl (C=O) groups excluding carboxylic acids is 2. The molecule has 4 aromatic rings. The largest absolute Gasteiger partial charge is 0.508 e. The molecule has 3 heterocycles. The first-order valence-electron chi connectivity index (χ1n) is 14.1. The number of aliphatic carboxylic acids is 1. The van der Waals surface area contributed by atoms with Gasteiger partial charge in [-0.1, -0.05) is 57.2 Å². The minimum Gasteiger partial charge on any atom is -0.508 e. The summed E-state index contributed by atoms with van der Waals surface area (Å²) in [7, 11) is 0. The highest BCUT2D eigenvalue weighted by atomic mass is 32.1. The van der Waals surface area contributed by atoms with Gasteiger partial charge in [0.25, 0.3) is 5.91 Å². The molecule has 0 radical (unpaired) electrons. The van der Waals surface area contributed by atoms with E-state index in [-0.39, 0.29) is 35.9 Å². The number of aromatic hydroxyl groups is 1. The Morgan fingerprint density at radius 1 is 0.953 bits per heavy atom. The normalized spacial score (nSPS) is 15.7. The maximum Gasteiger partial charge on any atom is 0.308 e. The van der Waals surface area contributed by atoms with Crippen molar-refractivity contribution in [3.05, 3.63) is 88.4 Å². The fourth-order valence-electron chi connectivity index (χ4n) is 4.98. The minimum atomic E-state index is -0.918. The molecule has 5 rings (SSSR count). The van der Waals surface area contributed by atoms with E-state index in [9.17, 15) is 24.6 Å². The third-order valence-electron chi connectivity index (χ3n) is 7.53. The zero-order chi connectivity index (χ0) is 30.7. The van der Waals surface area contributed by atoms with Crippen molar-refractivity contribution in [3.8, 4) is 28.3 Å². The van der Waals surface area contributed by atoms with Crippen LogP contribution in [0.3, 0.4) is 0 Å². The van der Waals surface area contributed by atoms with Crippen LogP contribution in [-0.2, 0) is 21.4 Å². The Bertz CT molecular complexity index is 1610. The van der Waals surface area contributed by atoms with Gasteiger partial charge < -0.3 is 20.4 Å². The number of likely N-dealkylation sites (tertiary alicyclic amines) is 1. The molecule has 1 saturated heterocycles. The molecule has 1 aliphatic heterocycles. The monoisotopic (exact) mass is 598 g/mol. The van der Waals surface area contributed by atoms with Crippen molar-refractivity contribution in [2.24, 2.45) is 5.92 Å². The van der Waals surface area contributed by atoms with Crippen molar-refractivity contribution in [1.29, 1.82) is 0 Å². The van der Waals surface area contributed by atoms with E-state index in [1.54, 1.807) is 42.7 Å². The van der Waals surface area contributed by atoms with E-state index in [0.29, 0.717) is 23.7 Å². The molecule has 2 atom stereocenters. The summed E-state index contributed by atoms with van der Waals surface area (Å²) < 4.78 is 0. The van der Waals surface area contributed by atoms with Crippen LogP contribution in [0.1, 0.15) is 47.3 Å². The number of nitrogens with zero attached hydrogens (tertiary/aromatic N) is 3. The number of aromatic nitrogens is 2. The van der Waals surface area contributed by atoms with Gasteiger partial charge in [-0.2, -0.15) is 0 Å². The van der Waals surface area contributed by atoms with Gasteiger partial charge in [0.15, 0.2) is 5.82 Å². The average Bonchev–Trinajstić information content (AvgIpc) is 3.69. The van der Waals surface area contributed by atoms with Crippen LogP contribution < -0.4 is 5.32 Å². The number of nitrogens with one attached hydrogen (secondary N) is 1. The quantitative estimate of drug-likeness (QED) is 0.256. The van der Waals surface area contributed by atoms with Gasteiger partial charge >= 0.3 is 5.97 Å². The van der Waals surface area contributed by atoms with Crippen LogP contribution in [-0.4, -0.2) is 62.0 Å². The van der Waals surface area contributed by atoms with Crippen molar-refractivity contribution < 1.29 is 24.6 Å². The molecule has 1 fully saturated rings. The summed E-state index contributed by atoms with van der Waals surface area (Å²) in [4.78, 5) is 50.5. The Kier molecular flexibility index (Phi) is 8.59. The predicted molar refractivity (Wildman–Crippen MR) is 165 cm³/mol. The first-order valence-corrected chi connectivity index (χ1v) is 14.9. The first-order chi connectivity index (χ1) is 20.5. The number of hydrogen-bond acceptors (Lipinski definition) is 7. The Morgan fingerprint density at radius 3 is 2.19 bits per heavy atom. The van der Waals surface area contributed by atoms with Crippen molar-refractivity contribution in [1.82, 2.24) is 20.2 Å². The Labute approximate surface area is 254 Å². The fourth-order valence-corrected chi connectivity index (χ4v) is 5.95. The van der Waals surface area contributed by atoms with Crippen molar-refractivity contribution in [2.45, 2.75) is 45.1 Å². The third kappa shape index (κ3) is 7.09. The molecular weight excluding hydrogens is 564 g/mol. The second-order valence-corrected chi connectivity index (χ2v) is 12.9. The number of phenols is 1. The molecule has 43 heavy (non-hydrogen) atoms. The Balaban J connectivity index is 1.32. The highest BCUT2D eigenvalue weighted by Gasteiger charge is 2.35. The van der Waals surface area contributed by atoms with Crippen LogP contribution >= 0.6 is 11.3 Å². The minimum absolute atomic E-state index is 0.100. The third-order valence-corrected chi connectivity index (χ3v) is 9.04. The van der Waals surface area contributed by atoms with E-state index in [1.807, 2.05) is 30.3 Å². The maximum absolute atomic E-state index is 13.6. The average molecular weight is 599 g/mol. The number of thiophene rings is 1. The molecular formula is C33H34N4O5S. The lowest BCUT2D eigenvalue weighted by Gasteiger charge is -2.24. The summed E-state index contributed by atoms with van der Waals surface area (Å²) in [6, 6.07) is 17.2. The van der Waals surface area contributed by atoms with Gasteiger partial charge in [-0.15, -0.1) is 11.3 Å². The smallest absolute Gasteiger partial charge is 0.308 e. The summed E-state index contributed by atoms with van der Waals surface area (Å²) in [6.45, 7) is 6.71. The van der Waals surface area contributed by atoms with E-state index < -0.39 is 17.9 Å². The Hall–Kier alpha value is -4.57. The van der Waals surface area contributed by atoms with Crippen molar-refractivity contribution in [3.63, 3.8) is 0 Å². The summed E-state index contributed by atoms with van der Waals surface area (Å²) >= 11 is 1.40. The molecule has 222 valence electrons. The maximum atomic E-state index is 13.6. The molecule has 9 nitrogen and oxygen atoms in total. The van der Waals surface area contributed by atoms with Gasteiger partial charge in [0, 0.05) is 47.9 Å². The number of carbonyl (C=O) groups is 3. The van der Waals surface area contributed by atoms with Gasteiger partial charge in [0.2, 0.25) is 5.91 Å². The number of carboxylic acid groups (broad SMARTS) is 1. The van der Waals surface area contributed by atoms with Crippen molar-refractivity contribution in [2.75, 3.05) is 13.1 Å². The Morgan fingerprint density at radius 2 is 1.60 bits per heavy atom. The van der Waals surface area contributed by atoms with E-state index in [4.69, 9.17) is 0 Å². The molecule has 0 spiro atoms. The lowest BCUT2D eigenvalue weighted by molar-refractivity contribution is -0.141. The van der Waals surface area contributed by atoms with Crippen molar-refractivity contribution >= 4 is 29.1 Å². The van der Waals surface area contributed by atoms with Gasteiger partial charge in [-0.3, -0.25) is 14.4 Å². The molecule has 2 aromatic heterocycles. The molecule has 0 bridgehead atoms. The van der Waals surface area contributed by atoms with E-state index in [1.165, 1.54) is 16.2 Å². The summed E-state index contributed by atoms with van der Waals surface area (Å²) in [5.41, 5.74) is 3.24. The molecule has 0 saturated carbocycles. The molecule has 3 N–H and O–H groups in total. The number of amides is 2. The van der Waals surface area contributed by atoms with Crippen LogP contribution in [0, 0.1) is 5.92 Å². The highest BCUT2D eigenvalue weighted by molar-refractivity contribution is 7.14. The van der Waals surface area contributed by atoms with E-state index >= 15 is 0 Å². The van der Waals surface area contributed by atoms with E-state index in [2.05, 4.69) is 36.1 Å². The van der Waals surface area contributed by atoms with Gasteiger partial charge in [-0.25, -0.2) is 9.97 Å². The molecule has 10 heteroatoms. The van der Waals surface area contributed by atoms with Gasteiger partial charge in [0.05, 0.1) is 10.8 Å². The number of benzene rings is 2. The van der Waals surface area contributed by atoms with E-state index in [0.717, 1.165) is 27.1 Å². The van der Waals surface area contributed by atoms with Crippen LogP contribution in [0.2, 0.25) is 0 Å². The lowest BCUT2D eigenvalue weighted by atomic mass is 9.95. The number of hydrogen-bond donors (Lipinski definition) is 3. The fraction of sp³-hybridized carbons (Fsp3) is 0.303. The predicted octanol–water partition coefficient (Wildman–Crippen LogP) is 5.15. The van der Waals surface area contributed by atoms with Crippen LogP contribution in [0.4, 0.5) is 0 Å². The summed E-state index contributed by atoms with van der Waals surface area (Å²) in [5.74, 6) is -1.41. The topological polar surface area (TPSA) is 133 Å². The second-order valence-electron chi connectivity index (χ2n) is 11.8. The van der Waals surface area contributed by atoms with Gasteiger partial charge in [-0.05, 0) is 47.2 Å². The molecule has 1 aliphatic rings. The zero-order valence-electron chi connectivity index (χ0n) is 24.3. The number of phenolic OH excluding ortho intramolecular Hbond substituents is 1. The molecule has 2 amide bonds. The second kappa shape index (κ2) is 12.3. The summed E-state index contributed by atoms with van der Waals surface area (Å²) in [5, 5.41) is 21.9. The highest BCUT2D eigenvalue weighted by Crippen LogP contribution is 2.30. The van der Waals surface area contributed by atoms with Crippen LogP contribution in [0.15, 0.2) is 73.1 Å².